The van der Waals surface area contributed by atoms with Gasteiger partial charge in [-0.3, -0.25) is 9.59 Å². The highest BCUT2D eigenvalue weighted by molar-refractivity contribution is 5.98. The first-order valence-corrected chi connectivity index (χ1v) is 7.21. The third-order valence-electron chi connectivity index (χ3n) is 3.86. The number of amides is 2. The van der Waals surface area contributed by atoms with Gasteiger partial charge in [-0.05, 0) is 43.5 Å². The average Bonchev–Trinajstić information content (AvgIpc) is 2.50. The Morgan fingerprint density at radius 3 is 2.39 bits per heavy atom. The highest BCUT2D eigenvalue weighted by atomic mass is 19.3. The second-order valence-electron chi connectivity index (χ2n) is 5.49. The van der Waals surface area contributed by atoms with Crippen molar-refractivity contribution >= 4 is 17.5 Å². The summed E-state index contributed by atoms with van der Waals surface area (Å²) < 4.78 is 27.9. The van der Waals surface area contributed by atoms with Crippen LogP contribution in [0.3, 0.4) is 0 Å². The molecule has 0 aliphatic heterocycles. The van der Waals surface area contributed by atoms with Gasteiger partial charge in [0, 0.05) is 17.8 Å². The van der Waals surface area contributed by atoms with Crippen LogP contribution in [0.25, 0.3) is 0 Å². The minimum Gasteiger partial charge on any atom is -0.383 e. The van der Waals surface area contributed by atoms with E-state index in [-0.39, 0.29) is 24.4 Å². The van der Waals surface area contributed by atoms with Gasteiger partial charge in [0.2, 0.25) is 0 Å². The fourth-order valence-corrected chi connectivity index (χ4v) is 2.22. The number of carbonyl (C=O) groups excluding carboxylic acids is 2. The Labute approximate surface area is 132 Å². The molecule has 3 N–H and O–H groups in total. The first kappa shape index (κ1) is 17.1. The predicted molar refractivity (Wildman–Crippen MR) is 81.3 cm³/mol. The highest BCUT2D eigenvalue weighted by Crippen LogP contribution is 2.44. The molecule has 0 spiro atoms. The molecular formula is C16H18F2N2O3. The molecular weight excluding hydrogens is 306 g/mol. The quantitative estimate of drug-likeness (QED) is 0.701. The van der Waals surface area contributed by atoms with Gasteiger partial charge in [0.1, 0.15) is 5.60 Å². The minimum atomic E-state index is -3.86. The van der Waals surface area contributed by atoms with Gasteiger partial charge in [-0.15, -0.1) is 6.58 Å². The summed E-state index contributed by atoms with van der Waals surface area (Å²) in [5.74, 6) is -5.74. The maximum atomic E-state index is 13.9. The van der Waals surface area contributed by atoms with E-state index in [4.69, 9.17) is 0 Å². The zero-order valence-electron chi connectivity index (χ0n) is 12.4. The predicted octanol–water partition coefficient (Wildman–Crippen LogP) is 2.09. The van der Waals surface area contributed by atoms with Gasteiger partial charge in [-0.25, -0.2) is 0 Å². The summed E-state index contributed by atoms with van der Waals surface area (Å²) in [7, 11) is 0. The summed E-state index contributed by atoms with van der Waals surface area (Å²) in [6, 6.07) is 5.51. The molecule has 1 saturated carbocycles. The van der Waals surface area contributed by atoms with E-state index in [1.807, 2.05) is 0 Å². The molecule has 2 amide bonds. The van der Waals surface area contributed by atoms with Gasteiger partial charge in [0.15, 0.2) is 0 Å². The number of rotatable bonds is 6. The topological polar surface area (TPSA) is 78.4 Å². The van der Waals surface area contributed by atoms with E-state index in [1.54, 1.807) is 0 Å². The van der Waals surface area contributed by atoms with Crippen LogP contribution in [-0.2, 0) is 4.79 Å². The summed E-state index contributed by atoms with van der Waals surface area (Å²) in [6.07, 6.45) is 1.79. The number of carbonyl (C=O) groups is 2. The van der Waals surface area contributed by atoms with Gasteiger partial charge in [0.05, 0.1) is 0 Å². The van der Waals surface area contributed by atoms with Crippen molar-refractivity contribution in [2.45, 2.75) is 30.8 Å². The monoisotopic (exact) mass is 324 g/mol. The number of alkyl halides is 2. The van der Waals surface area contributed by atoms with Gasteiger partial charge in [0.25, 0.3) is 11.8 Å². The lowest BCUT2D eigenvalue weighted by Gasteiger charge is -2.41. The van der Waals surface area contributed by atoms with E-state index < -0.39 is 17.4 Å². The molecule has 0 saturated heterocycles. The Balaban J connectivity index is 2.02. The Bertz CT molecular complexity index is 610. The standard InChI is InChI=1S/C16H18F2N2O3/c1-2-10-19-13(21)11-4-6-12(7-5-11)20-14(22)16(17,18)15(23)8-3-9-15/h2,4-7,23H,1,3,8-10H2,(H,19,21)(H,20,22). The molecule has 1 aromatic carbocycles. The number of nitrogens with one attached hydrogen (secondary N) is 2. The minimum absolute atomic E-state index is 0.101. The number of halogens is 2. The number of hydrogen-bond acceptors (Lipinski definition) is 3. The summed E-state index contributed by atoms with van der Waals surface area (Å²) in [5, 5.41) is 14.4. The molecule has 1 fully saturated rings. The highest BCUT2D eigenvalue weighted by Gasteiger charge is 2.61. The molecule has 23 heavy (non-hydrogen) atoms. The van der Waals surface area contributed by atoms with E-state index in [9.17, 15) is 23.5 Å². The molecule has 5 nitrogen and oxygen atoms in total. The van der Waals surface area contributed by atoms with Gasteiger partial charge >= 0.3 is 5.92 Å². The van der Waals surface area contributed by atoms with E-state index in [0.717, 1.165) is 0 Å². The third kappa shape index (κ3) is 3.39. The Morgan fingerprint density at radius 2 is 1.91 bits per heavy atom. The van der Waals surface area contributed by atoms with E-state index in [1.165, 1.54) is 30.3 Å². The fraction of sp³-hybridized carbons (Fsp3) is 0.375. The van der Waals surface area contributed by atoms with Crippen molar-refractivity contribution in [2.24, 2.45) is 0 Å². The van der Waals surface area contributed by atoms with Crippen LogP contribution in [-0.4, -0.2) is 35.0 Å². The van der Waals surface area contributed by atoms with Crippen LogP contribution in [0.1, 0.15) is 29.6 Å². The molecule has 0 radical (unpaired) electrons. The van der Waals surface area contributed by atoms with Crippen molar-refractivity contribution < 1.29 is 23.5 Å². The van der Waals surface area contributed by atoms with Crippen LogP contribution in [0.15, 0.2) is 36.9 Å². The fourth-order valence-electron chi connectivity index (χ4n) is 2.22. The average molecular weight is 324 g/mol. The van der Waals surface area contributed by atoms with Gasteiger partial charge in [-0.1, -0.05) is 6.08 Å². The van der Waals surface area contributed by atoms with Crippen molar-refractivity contribution in [2.75, 3.05) is 11.9 Å². The van der Waals surface area contributed by atoms with Crippen molar-refractivity contribution in [3.05, 3.63) is 42.5 Å². The van der Waals surface area contributed by atoms with E-state index in [2.05, 4.69) is 17.2 Å². The van der Waals surface area contributed by atoms with Crippen LogP contribution in [0.4, 0.5) is 14.5 Å². The Hall–Kier alpha value is -2.28. The Morgan fingerprint density at radius 1 is 1.30 bits per heavy atom. The van der Waals surface area contributed by atoms with Gasteiger partial charge < -0.3 is 15.7 Å². The first-order valence-electron chi connectivity index (χ1n) is 7.21. The van der Waals surface area contributed by atoms with Crippen LogP contribution >= 0.6 is 0 Å². The van der Waals surface area contributed by atoms with Crippen LogP contribution in [0.2, 0.25) is 0 Å². The SMILES string of the molecule is C=CCNC(=O)c1ccc(NC(=O)C(F)(F)C2(O)CCC2)cc1. The molecule has 7 heteroatoms. The Kier molecular flexibility index (Phi) is 4.79. The smallest absolute Gasteiger partial charge is 0.352 e. The number of benzene rings is 1. The summed E-state index contributed by atoms with van der Waals surface area (Å²) >= 11 is 0. The lowest BCUT2D eigenvalue weighted by molar-refractivity contribution is -0.212. The van der Waals surface area contributed by atoms with Crippen molar-refractivity contribution in [1.29, 1.82) is 0 Å². The molecule has 1 aliphatic carbocycles. The molecule has 1 aliphatic rings. The molecule has 0 aromatic heterocycles. The summed E-state index contributed by atoms with van der Waals surface area (Å²) in [5.41, 5.74) is -1.81. The van der Waals surface area contributed by atoms with Gasteiger partial charge in [-0.2, -0.15) is 8.78 Å². The molecule has 0 bridgehead atoms. The number of hydrogen-bond donors (Lipinski definition) is 3. The molecule has 0 atom stereocenters. The largest absolute Gasteiger partial charge is 0.383 e. The zero-order valence-corrected chi connectivity index (χ0v) is 12.4. The second kappa shape index (κ2) is 6.45. The summed E-state index contributed by atoms with van der Waals surface area (Å²) in [4.78, 5) is 23.4. The van der Waals surface area contributed by atoms with E-state index >= 15 is 0 Å². The van der Waals surface area contributed by atoms with Crippen molar-refractivity contribution in [1.82, 2.24) is 5.32 Å². The zero-order chi connectivity index (χ0) is 17.1. The number of aliphatic hydroxyl groups is 1. The van der Waals surface area contributed by atoms with Crippen molar-refractivity contribution in [3.8, 4) is 0 Å². The second-order valence-corrected chi connectivity index (χ2v) is 5.49. The third-order valence-corrected chi connectivity index (χ3v) is 3.86. The molecule has 124 valence electrons. The molecule has 2 rings (SSSR count). The first-order chi connectivity index (χ1) is 10.8. The molecule has 0 unspecified atom stereocenters. The van der Waals surface area contributed by atoms with Crippen LogP contribution in [0, 0.1) is 0 Å². The maximum absolute atomic E-state index is 13.9. The number of anilines is 1. The van der Waals surface area contributed by atoms with Crippen LogP contribution in [0.5, 0.6) is 0 Å². The maximum Gasteiger partial charge on any atom is 0.352 e. The molecule has 0 heterocycles. The van der Waals surface area contributed by atoms with Crippen LogP contribution < -0.4 is 10.6 Å². The lowest BCUT2D eigenvalue weighted by Crippen LogP contribution is -2.59. The van der Waals surface area contributed by atoms with E-state index in [0.29, 0.717) is 18.5 Å². The lowest BCUT2D eigenvalue weighted by atomic mass is 9.75. The normalized spacial score (nSPS) is 16.1. The van der Waals surface area contributed by atoms with Crippen molar-refractivity contribution in [3.63, 3.8) is 0 Å². The molecule has 1 aromatic rings. The summed E-state index contributed by atoms with van der Waals surface area (Å²) in [6.45, 7) is 3.78.